The number of urea groups is 1. The van der Waals surface area contributed by atoms with E-state index in [1.807, 2.05) is 6.07 Å². The van der Waals surface area contributed by atoms with Crippen LogP contribution < -0.4 is 15.4 Å². The molecule has 0 radical (unpaired) electrons. The summed E-state index contributed by atoms with van der Waals surface area (Å²) >= 11 is 5.89. The number of methoxy groups -OCH3 is 1. The van der Waals surface area contributed by atoms with Crippen LogP contribution in [0.25, 0.3) is 0 Å². The quantitative estimate of drug-likeness (QED) is 0.892. The van der Waals surface area contributed by atoms with Gasteiger partial charge in [-0.2, -0.15) is 0 Å². The number of nitrogens with one attached hydrogen (secondary N) is 2. The molecular formula is C14H19ClN2O2. The summed E-state index contributed by atoms with van der Waals surface area (Å²) in [5, 5.41) is 6.45. The number of hydrogen-bond donors (Lipinski definition) is 2. The Morgan fingerprint density at radius 1 is 1.42 bits per heavy atom. The summed E-state index contributed by atoms with van der Waals surface area (Å²) in [6.07, 6.45) is 4.57. The van der Waals surface area contributed by atoms with E-state index in [0.29, 0.717) is 23.4 Å². The molecule has 1 saturated carbocycles. The molecule has 0 spiro atoms. The molecule has 1 aromatic rings. The van der Waals surface area contributed by atoms with Gasteiger partial charge in [0.05, 0.1) is 7.11 Å². The van der Waals surface area contributed by atoms with Crippen molar-refractivity contribution >= 4 is 17.6 Å². The molecule has 1 aliphatic carbocycles. The van der Waals surface area contributed by atoms with Crippen LogP contribution in [0.4, 0.5) is 4.79 Å². The first-order valence-corrected chi connectivity index (χ1v) is 6.93. The van der Waals surface area contributed by atoms with Crippen molar-refractivity contribution in [2.24, 2.45) is 0 Å². The molecule has 0 aliphatic heterocycles. The largest absolute Gasteiger partial charge is 0.496 e. The Morgan fingerprint density at radius 2 is 2.16 bits per heavy atom. The summed E-state index contributed by atoms with van der Waals surface area (Å²) < 4.78 is 5.24. The molecule has 2 N–H and O–H groups in total. The molecule has 1 fully saturated rings. The minimum absolute atomic E-state index is 0.121. The highest BCUT2D eigenvalue weighted by atomic mass is 35.5. The summed E-state index contributed by atoms with van der Waals surface area (Å²) in [6, 6.07) is 5.59. The number of halogens is 1. The van der Waals surface area contributed by atoms with Gasteiger partial charge in [0.1, 0.15) is 5.75 Å². The lowest BCUT2D eigenvalue weighted by Crippen LogP contribution is -2.40. The van der Waals surface area contributed by atoms with Crippen molar-refractivity contribution in [3.8, 4) is 5.75 Å². The van der Waals surface area contributed by atoms with Gasteiger partial charge in [0.25, 0.3) is 0 Å². The smallest absolute Gasteiger partial charge is 0.315 e. The van der Waals surface area contributed by atoms with Crippen LogP contribution in [0.3, 0.4) is 0 Å². The van der Waals surface area contributed by atoms with E-state index in [1.54, 1.807) is 19.2 Å². The van der Waals surface area contributed by atoms with E-state index in [9.17, 15) is 4.79 Å². The van der Waals surface area contributed by atoms with Crippen LogP contribution in [0.1, 0.15) is 31.2 Å². The van der Waals surface area contributed by atoms with Gasteiger partial charge in [0.15, 0.2) is 0 Å². The lowest BCUT2D eigenvalue weighted by Gasteiger charge is -2.14. The number of hydrogen-bond acceptors (Lipinski definition) is 2. The van der Waals surface area contributed by atoms with Crippen LogP contribution in [0.2, 0.25) is 5.02 Å². The highest BCUT2D eigenvalue weighted by Crippen LogP contribution is 2.23. The average Bonchev–Trinajstić information content (AvgIpc) is 2.90. The van der Waals surface area contributed by atoms with Crippen molar-refractivity contribution in [2.45, 2.75) is 38.3 Å². The van der Waals surface area contributed by atoms with Crippen LogP contribution in [-0.4, -0.2) is 19.2 Å². The number of benzene rings is 1. The van der Waals surface area contributed by atoms with Crippen LogP contribution in [-0.2, 0) is 6.54 Å². The van der Waals surface area contributed by atoms with Gasteiger partial charge in [-0.25, -0.2) is 4.79 Å². The van der Waals surface area contributed by atoms with Gasteiger partial charge in [0.2, 0.25) is 0 Å². The first-order chi connectivity index (χ1) is 9.19. The third kappa shape index (κ3) is 4.03. The van der Waals surface area contributed by atoms with Crippen LogP contribution in [0, 0.1) is 0 Å². The molecule has 0 unspecified atom stereocenters. The summed E-state index contributed by atoms with van der Waals surface area (Å²) in [6.45, 7) is 0.429. The zero-order valence-electron chi connectivity index (χ0n) is 11.0. The second kappa shape index (κ2) is 6.66. The maximum absolute atomic E-state index is 11.7. The second-order valence-corrected chi connectivity index (χ2v) is 5.20. The summed E-state index contributed by atoms with van der Waals surface area (Å²) in [5.74, 6) is 0.689. The minimum atomic E-state index is -0.121. The van der Waals surface area contributed by atoms with Gasteiger partial charge in [-0.3, -0.25) is 0 Å². The maximum Gasteiger partial charge on any atom is 0.315 e. The Bertz CT molecular complexity index is 445. The van der Waals surface area contributed by atoms with Crippen molar-refractivity contribution in [3.05, 3.63) is 28.8 Å². The first kappa shape index (κ1) is 14.0. The zero-order valence-corrected chi connectivity index (χ0v) is 11.8. The number of rotatable bonds is 4. The first-order valence-electron chi connectivity index (χ1n) is 6.56. The monoisotopic (exact) mass is 282 g/mol. The molecular weight excluding hydrogens is 264 g/mol. The lowest BCUT2D eigenvalue weighted by molar-refractivity contribution is 0.236. The van der Waals surface area contributed by atoms with Crippen molar-refractivity contribution < 1.29 is 9.53 Å². The number of amides is 2. The van der Waals surface area contributed by atoms with E-state index in [2.05, 4.69) is 10.6 Å². The summed E-state index contributed by atoms with van der Waals surface area (Å²) in [7, 11) is 1.59. The highest BCUT2D eigenvalue weighted by Gasteiger charge is 2.16. The molecule has 0 aromatic heterocycles. The minimum Gasteiger partial charge on any atom is -0.496 e. The van der Waals surface area contributed by atoms with Crippen LogP contribution >= 0.6 is 11.6 Å². The van der Waals surface area contributed by atoms with Gasteiger partial charge >= 0.3 is 6.03 Å². The molecule has 2 rings (SSSR count). The normalized spacial score (nSPS) is 15.3. The summed E-state index contributed by atoms with van der Waals surface area (Å²) in [5.41, 5.74) is 0.911. The van der Waals surface area contributed by atoms with Crippen molar-refractivity contribution in [1.29, 1.82) is 0 Å². The molecule has 2 amide bonds. The molecule has 0 bridgehead atoms. The van der Waals surface area contributed by atoms with Crippen molar-refractivity contribution in [3.63, 3.8) is 0 Å². The fraction of sp³-hybridized carbons (Fsp3) is 0.500. The van der Waals surface area contributed by atoms with Crippen molar-refractivity contribution in [2.75, 3.05) is 7.11 Å². The molecule has 0 heterocycles. The Balaban J connectivity index is 1.85. The molecule has 4 nitrogen and oxygen atoms in total. The average molecular weight is 283 g/mol. The SMILES string of the molecule is COc1cc(Cl)ccc1CNC(=O)NC1CCCC1. The molecule has 1 aromatic carbocycles. The van der Waals surface area contributed by atoms with Crippen LogP contribution in [0.15, 0.2) is 18.2 Å². The Kier molecular flexibility index (Phi) is 4.91. The van der Waals surface area contributed by atoms with Gasteiger partial charge < -0.3 is 15.4 Å². The maximum atomic E-state index is 11.7. The third-order valence-electron chi connectivity index (χ3n) is 3.38. The fourth-order valence-electron chi connectivity index (χ4n) is 2.35. The van der Waals surface area contributed by atoms with E-state index >= 15 is 0 Å². The predicted octanol–water partition coefficient (Wildman–Crippen LogP) is 3.09. The number of ether oxygens (including phenoxy) is 1. The Labute approximate surface area is 118 Å². The number of carbonyl (C=O) groups excluding carboxylic acids is 1. The topological polar surface area (TPSA) is 50.4 Å². The molecule has 0 atom stereocenters. The second-order valence-electron chi connectivity index (χ2n) is 4.76. The Hall–Kier alpha value is -1.42. The lowest BCUT2D eigenvalue weighted by atomic mass is 10.2. The van der Waals surface area contributed by atoms with Crippen LogP contribution in [0.5, 0.6) is 5.75 Å². The Morgan fingerprint density at radius 3 is 2.84 bits per heavy atom. The zero-order chi connectivity index (χ0) is 13.7. The van der Waals surface area contributed by atoms with Gasteiger partial charge in [-0.05, 0) is 25.0 Å². The highest BCUT2D eigenvalue weighted by molar-refractivity contribution is 6.30. The molecule has 104 valence electrons. The van der Waals surface area contributed by atoms with Gasteiger partial charge in [0, 0.05) is 23.2 Å². The summed E-state index contributed by atoms with van der Waals surface area (Å²) in [4.78, 5) is 11.7. The van der Waals surface area contributed by atoms with Gasteiger partial charge in [-0.15, -0.1) is 0 Å². The van der Waals surface area contributed by atoms with E-state index in [-0.39, 0.29) is 6.03 Å². The molecule has 19 heavy (non-hydrogen) atoms. The predicted molar refractivity (Wildman–Crippen MR) is 75.6 cm³/mol. The third-order valence-corrected chi connectivity index (χ3v) is 3.61. The van der Waals surface area contributed by atoms with Crippen molar-refractivity contribution in [1.82, 2.24) is 10.6 Å². The van der Waals surface area contributed by atoms with E-state index in [1.165, 1.54) is 12.8 Å². The fourth-order valence-corrected chi connectivity index (χ4v) is 2.51. The van der Waals surface area contributed by atoms with E-state index in [0.717, 1.165) is 18.4 Å². The van der Waals surface area contributed by atoms with Gasteiger partial charge in [-0.1, -0.05) is 30.5 Å². The van der Waals surface area contributed by atoms with E-state index in [4.69, 9.17) is 16.3 Å². The molecule has 5 heteroatoms. The number of carbonyl (C=O) groups is 1. The molecule has 1 aliphatic rings. The standard InChI is InChI=1S/C14H19ClN2O2/c1-19-13-8-11(15)7-6-10(13)9-16-14(18)17-12-4-2-3-5-12/h6-8,12H,2-5,9H2,1H3,(H2,16,17,18). The van der Waals surface area contributed by atoms with E-state index < -0.39 is 0 Å². The molecule has 0 saturated heterocycles.